The number of benzene rings is 5. The molecule has 5 aromatic carbocycles. The van der Waals surface area contributed by atoms with Crippen molar-refractivity contribution in [3.8, 4) is 0 Å². The number of nitrogens with zero attached hydrogens (tertiary/aromatic N) is 6. The van der Waals surface area contributed by atoms with Crippen LogP contribution in [0.4, 0.5) is 22.7 Å². The summed E-state index contributed by atoms with van der Waals surface area (Å²) in [6, 6.07) is 21.4. The minimum Gasteiger partial charge on any atom is -0.304 e. The Bertz CT molecular complexity index is 2700. The summed E-state index contributed by atoms with van der Waals surface area (Å²) in [6.07, 6.45) is 2.78. The number of hydrogen-bond acceptors (Lipinski definition) is 10. The van der Waals surface area contributed by atoms with Gasteiger partial charge in [0.2, 0.25) is 0 Å². The molecule has 0 bridgehead atoms. The molecule has 22 heteroatoms. The number of anilines is 2. The van der Waals surface area contributed by atoms with Crippen LogP contribution in [0, 0.1) is 20.2 Å². The van der Waals surface area contributed by atoms with Crippen molar-refractivity contribution in [3.05, 3.63) is 181 Å². The molecule has 0 saturated carbocycles. The quantitative estimate of drug-likeness (QED) is 0.0867. The van der Waals surface area contributed by atoms with Crippen LogP contribution < -0.4 is 20.7 Å². The number of rotatable bonds is 8. The van der Waals surface area contributed by atoms with Gasteiger partial charge < -0.3 is 10.6 Å². The molecule has 0 aromatic heterocycles. The summed E-state index contributed by atoms with van der Waals surface area (Å²) in [5, 5.41) is 38.4. The highest BCUT2D eigenvalue weighted by molar-refractivity contribution is 6.45. The van der Waals surface area contributed by atoms with Crippen LogP contribution in [-0.2, 0) is 9.59 Å². The van der Waals surface area contributed by atoms with Gasteiger partial charge in [-0.25, -0.2) is 0 Å². The molecule has 5 aromatic rings. The van der Waals surface area contributed by atoms with Gasteiger partial charge in [-0.15, -0.1) is 10.2 Å². The average molecular weight is 953 g/mol. The number of hydrogen-bond donors (Lipinski definition) is 2. The van der Waals surface area contributed by atoms with E-state index in [0.29, 0.717) is 11.1 Å². The van der Waals surface area contributed by atoms with E-state index in [1.807, 2.05) is 0 Å². The molecule has 2 heterocycles. The second-order valence-corrected chi connectivity index (χ2v) is 15.4. The normalized spacial score (nSPS) is 14.9. The van der Waals surface area contributed by atoms with Crippen molar-refractivity contribution < 1.29 is 29.0 Å². The molecule has 310 valence electrons. The Balaban J connectivity index is 1.24. The highest BCUT2D eigenvalue weighted by atomic mass is 35.5. The number of halogens is 6. The Labute approximate surface area is 378 Å². The summed E-state index contributed by atoms with van der Waals surface area (Å²) in [5.74, 6) is -3.70. The first-order chi connectivity index (χ1) is 29.5. The van der Waals surface area contributed by atoms with Gasteiger partial charge in [0.05, 0.1) is 41.1 Å². The minimum atomic E-state index is -0.824. The van der Waals surface area contributed by atoms with Crippen molar-refractivity contribution >= 4 is 140 Å². The molecule has 2 aliphatic heterocycles. The van der Waals surface area contributed by atoms with Crippen molar-refractivity contribution in [2.45, 2.75) is 0 Å². The van der Waals surface area contributed by atoms with E-state index < -0.39 is 33.5 Å². The molecule has 0 radical (unpaired) electrons. The van der Waals surface area contributed by atoms with E-state index in [1.165, 1.54) is 72.8 Å². The van der Waals surface area contributed by atoms with E-state index in [0.717, 1.165) is 22.2 Å². The Morgan fingerprint density at radius 1 is 0.548 bits per heavy atom. The lowest BCUT2D eigenvalue weighted by Gasteiger charge is -2.15. The Hall–Kier alpha value is -6.66. The molecule has 62 heavy (non-hydrogen) atoms. The lowest BCUT2D eigenvalue weighted by molar-refractivity contribution is -0.385. The number of non-ortho nitro benzene ring substituents is 2. The van der Waals surface area contributed by atoms with Crippen LogP contribution in [0.15, 0.2) is 118 Å². The van der Waals surface area contributed by atoms with Gasteiger partial charge >= 0.3 is 0 Å². The summed E-state index contributed by atoms with van der Waals surface area (Å²) in [6.45, 7) is 0. The number of carbonyl (C=O) groups excluding carboxylic acids is 4. The van der Waals surface area contributed by atoms with E-state index in [1.54, 1.807) is 24.3 Å². The number of carbonyl (C=O) groups is 4. The largest absolute Gasteiger partial charge is 0.304 e. The molecule has 0 atom stereocenters. The molecule has 0 aliphatic carbocycles. The standard InChI is InChI=1S/C40H20Cl6N8O8/c41-23-15-29(43)33(30(44)16-23)51-39(57)27(35(49-51)47-37(55)21-3-1-5-25(13-21)53(59)60)11-19-7-9-20(10-8-19)12-28-36(48-38(56)22-4-2-6-26(14-22)54(61)62)50-52(40(28)58)34-31(45)17-24(42)18-32(34)46/h1-18H,(H,47,49,55)(H,48,50,56)/b27-11+,28-12+. The van der Waals surface area contributed by atoms with E-state index in [2.05, 4.69) is 20.8 Å². The van der Waals surface area contributed by atoms with Crippen LogP contribution in [0.1, 0.15) is 31.8 Å². The molecular weight excluding hydrogens is 933 g/mol. The second-order valence-electron chi connectivity index (χ2n) is 12.9. The van der Waals surface area contributed by atoms with Crippen molar-refractivity contribution in [2.75, 3.05) is 10.0 Å². The van der Waals surface area contributed by atoms with Gasteiger partial charge in [0, 0.05) is 45.4 Å². The summed E-state index contributed by atoms with van der Waals surface area (Å²) in [4.78, 5) is 76.1. The third-order valence-corrected chi connectivity index (χ3v) is 10.4. The fraction of sp³-hybridized carbons (Fsp3) is 0. The lowest BCUT2D eigenvalue weighted by atomic mass is 10.0. The van der Waals surface area contributed by atoms with Crippen LogP contribution >= 0.6 is 69.6 Å². The number of nitro groups is 2. The number of nitrogens with one attached hydrogen (secondary N) is 2. The molecule has 16 nitrogen and oxygen atoms in total. The highest BCUT2D eigenvalue weighted by Gasteiger charge is 2.37. The predicted molar refractivity (Wildman–Crippen MR) is 236 cm³/mol. The lowest BCUT2D eigenvalue weighted by Crippen LogP contribution is -2.31. The van der Waals surface area contributed by atoms with E-state index in [9.17, 15) is 39.4 Å². The maximum Gasteiger partial charge on any atom is 0.282 e. The van der Waals surface area contributed by atoms with Crippen LogP contribution in [0.3, 0.4) is 0 Å². The van der Waals surface area contributed by atoms with Crippen LogP contribution in [0.5, 0.6) is 0 Å². The monoisotopic (exact) mass is 950 g/mol. The zero-order chi connectivity index (χ0) is 44.6. The van der Waals surface area contributed by atoms with Crippen LogP contribution in [0.2, 0.25) is 30.1 Å². The minimum absolute atomic E-state index is 0.0348. The molecular formula is C40H20Cl6N8O8. The van der Waals surface area contributed by atoms with E-state index in [4.69, 9.17) is 69.6 Å². The van der Waals surface area contributed by atoms with Crippen molar-refractivity contribution in [1.29, 1.82) is 0 Å². The molecule has 7 rings (SSSR count). The number of hydrazone groups is 2. The van der Waals surface area contributed by atoms with Gasteiger partial charge in [-0.2, -0.15) is 10.0 Å². The van der Waals surface area contributed by atoms with Gasteiger partial charge in [0.15, 0.2) is 11.7 Å². The Morgan fingerprint density at radius 3 is 1.21 bits per heavy atom. The van der Waals surface area contributed by atoms with Crippen molar-refractivity contribution in [3.63, 3.8) is 0 Å². The second kappa shape index (κ2) is 17.7. The summed E-state index contributed by atoms with van der Waals surface area (Å²) in [5.41, 5.74) is -0.492. The molecule has 0 saturated heterocycles. The zero-order valence-corrected chi connectivity index (χ0v) is 35.1. The zero-order valence-electron chi connectivity index (χ0n) is 30.6. The number of amides is 4. The molecule has 2 aliphatic rings. The van der Waals surface area contributed by atoms with Crippen molar-refractivity contribution in [1.82, 2.24) is 10.6 Å². The smallest absolute Gasteiger partial charge is 0.282 e. The third-order valence-electron chi connectivity index (χ3n) is 8.80. The van der Waals surface area contributed by atoms with Gasteiger partial charge in [0.25, 0.3) is 35.0 Å². The van der Waals surface area contributed by atoms with Crippen LogP contribution in [-0.4, -0.2) is 45.1 Å². The Kier molecular flexibility index (Phi) is 12.4. The Morgan fingerprint density at radius 2 is 0.887 bits per heavy atom. The first-order valence-electron chi connectivity index (χ1n) is 17.3. The predicted octanol–water partition coefficient (Wildman–Crippen LogP) is 9.77. The van der Waals surface area contributed by atoms with Gasteiger partial charge in [-0.05, 0) is 59.7 Å². The van der Waals surface area contributed by atoms with Crippen molar-refractivity contribution in [2.24, 2.45) is 10.2 Å². The van der Waals surface area contributed by atoms with Crippen LogP contribution in [0.25, 0.3) is 12.2 Å². The molecule has 0 fully saturated rings. The van der Waals surface area contributed by atoms with Gasteiger partial charge in [-0.3, -0.25) is 39.4 Å². The maximum atomic E-state index is 14.0. The molecule has 0 spiro atoms. The first kappa shape index (κ1) is 43.4. The summed E-state index contributed by atoms with van der Waals surface area (Å²) >= 11 is 37.9. The summed E-state index contributed by atoms with van der Waals surface area (Å²) in [7, 11) is 0. The highest BCUT2D eigenvalue weighted by Crippen LogP contribution is 2.41. The SMILES string of the molecule is O=C(NC1=NN(c2c(Cl)cc(Cl)cc2Cl)C(=O)/C1=C/c1ccc(/C=C2/C(=O)N(c3c(Cl)cc(Cl)cc3Cl)N=C2NC(=O)c2cccc([N+](=O)[O-])c2)cc1)c1cccc([N+](=O)[O-])c1. The third kappa shape index (κ3) is 9.01. The first-order valence-corrected chi connectivity index (χ1v) is 19.6. The summed E-state index contributed by atoms with van der Waals surface area (Å²) < 4.78 is 0. The average Bonchev–Trinajstić information content (AvgIpc) is 3.67. The topological polar surface area (TPSA) is 210 Å². The molecule has 2 N–H and O–H groups in total. The fourth-order valence-corrected chi connectivity index (χ4v) is 7.91. The fourth-order valence-electron chi connectivity index (χ4n) is 5.95. The van der Waals surface area contributed by atoms with E-state index >= 15 is 0 Å². The maximum absolute atomic E-state index is 14.0. The van der Waals surface area contributed by atoms with Gasteiger partial charge in [-0.1, -0.05) is 106 Å². The number of amidine groups is 2. The number of nitro benzene ring substituents is 2. The van der Waals surface area contributed by atoms with E-state index in [-0.39, 0.29) is 86.8 Å². The van der Waals surface area contributed by atoms with Gasteiger partial charge in [0.1, 0.15) is 11.4 Å². The molecule has 4 amide bonds. The molecule has 0 unspecified atom stereocenters.